The van der Waals surface area contributed by atoms with E-state index in [4.69, 9.17) is 9.15 Å². The number of nitrogens with zero attached hydrogens (tertiary/aromatic N) is 1. The minimum Gasteiger partial charge on any atom is -0.495 e. The number of benzene rings is 3. The number of carbonyl (C=O) groups is 1. The number of carbonyl (C=O) groups excluding carboxylic acids is 1. The SMILES string of the molecule is COc1c(-c2ccc(NC(C)=O)c(F)c2)cccc1-c1cnc(-c2ccccc2)o1. The molecule has 6 heteroatoms. The third-order valence-electron chi connectivity index (χ3n) is 4.60. The molecule has 0 fully saturated rings. The van der Waals surface area contributed by atoms with Crippen LogP contribution >= 0.6 is 0 Å². The summed E-state index contributed by atoms with van der Waals surface area (Å²) in [4.78, 5) is 15.6. The molecule has 4 aromatic rings. The number of nitrogens with one attached hydrogen (secondary N) is 1. The number of hydrogen-bond donors (Lipinski definition) is 1. The molecule has 0 spiro atoms. The van der Waals surface area contributed by atoms with E-state index in [0.29, 0.717) is 34.1 Å². The maximum Gasteiger partial charge on any atom is 0.226 e. The fourth-order valence-electron chi connectivity index (χ4n) is 3.26. The second-order valence-corrected chi connectivity index (χ2v) is 6.66. The summed E-state index contributed by atoms with van der Waals surface area (Å²) < 4.78 is 26.1. The third kappa shape index (κ3) is 3.80. The van der Waals surface area contributed by atoms with Gasteiger partial charge in [-0.25, -0.2) is 9.37 Å². The van der Waals surface area contributed by atoms with Gasteiger partial charge in [0.25, 0.3) is 0 Å². The standard InChI is InChI=1S/C24H19FN2O3/c1-15(28)27-21-12-11-17(13-20(21)25)18-9-6-10-19(23(18)29-2)22-14-26-24(30-22)16-7-4-3-5-8-16/h3-14H,1-2H3,(H,27,28). The van der Waals surface area contributed by atoms with E-state index in [1.54, 1.807) is 19.4 Å². The van der Waals surface area contributed by atoms with Crippen molar-refractivity contribution >= 4 is 11.6 Å². The monoisotopic (exact) mass is 402 g/mol. The highest BCUT2D eigenvalue weighted by Crippen LogP contribution is 2.40. The molecule has 4 rings (SSSR count). The largest absolute Gasteiger partial charge is 0.495 e. The quantitative estimate of drug-likeness (QED) is 0.459. The molecule has 0 saturated carbocycles. The van der Waals surface area contributed by atoms with Crippen LogP contribution < -0.4 is 10.1 Å². The number of halogens is 1. The van der Waals surface area contributed by atoms with Crippen molar-refractivity contribution in [2.24, 2.45) is 0 Å². The van der Waals surface area contributed by atoms with Crippen molar-refractivity contribution in [3.8, 4) is 39.7 Å². The number of hydrogen-bond acceptors (Lipinski definition) is 4. The van der Waals surface area contributed by atoms with Crippen LogP contribution in [-0.4, -0.2) is 18.0 Å². The van der Waals surface area contributed by atoms with Crippen molar-refractivity contribution in [1.82, 2.24) is 4.98 Å². The van der Waals surface area contributed by atoms with E-state index >= 15 is 0 Å². The fourth-order valence-corrected chi connectivity index (χ4v) is 3.26. The van der Waals surface area contributed by atoms with Crippen LogP contribution in [0.25, 0.3) is 33.9 Å². The first-order valence-corrected chi connectivity index (χ1v) is 9.33. The maximum absolute atomic E-state index is 14.5. The van der Waals surface area contributed by atoms with Gasteiger partial charge in [0.2, 0.25) is 11.8 Å². The van der Waals surface area contributed by atoms with E-state index in [1.165, 1.54) is 19.1 Å². The molecule has 1 N–H and O–H groups in total. The van der Waals surface area contributed by atoms with Gasteiger partial charge in [0, 0.05) is 18.1 Å². The lowest BCUT2D eigenvalue weighted by Crippen LogP contribution is -2.07. The molecule has 0 saturated heterocycles. The number of methoxy groups -OCH3 is 1. The number of aromatic nitrogens is 1. The maximum atomic E-state index is 14.5. The van der Waals surface area contributed by atoms with Crippen LogP contribution in [0.4, 0.5) is 10.1 Å². The minimum absolute atomic E-state index is 0.129. The first-order chi connectivity index (χ1) is 14.6. The Kier molecular flexibility index (Phi) is 5.30. The van der Waals surface area contributed by atoms with Gasteiger partial charge in [0.1, 0.15) is 11.6 Å². The molecule has 0 aliphatic carbocycles. The lowest BCUT2D eigenvalue weighted by atomic mass is 10.00. The Balaban J connectivity index is 1.75. The van der Waals surface area contributed by atoms with Gasteiger partial charge in [-0.3, -0.25) is 4.79 Å². The molecule has 30 heavy (non-hydrogen) atoms. The Bertz CT molecular complexity index is 1200. The van der Waals surface area contributed by atoms with Gasteiger partial charge in [0.05, 0.1) is 24.6 Å². The summed E-state index contributed by atoms with van der Waals surface area (Å²) in [6.07, 6.45) is 1.64. The number of amides is 1. The number of para-hydroxylation sites is 1. The highest BCUT2D eigenvalue weighted by atomic mass is 19.1. The molecular weight excluding hydrogens is 383 g/mol. The normalized spacial score (nSPS) is 10.6. The zero-order valence-electron chi connectivity index (χ0n) is 16.5. The van der Waals surface area contributed by atoms with Crippen molar-refractivity contribution in [3.63, 3.8) is 0 Å². The van der Waals surface area contributed by atoms with Crippen LogP contribution in [0.5, 0.6) is 5.75 Å². The van der Waals surface area contributed by atoms with Crippen LogP contribution in [0.3, 0.4) is 0 Å². The average molecular weight is 402 g/mol. The Labute approximate surface area is 173 Å². The fraction of sp³-hybridized carbons (Fsp3) is 0.0833. The Hall–Kier alpha value is -3.93. The molecule has 1 heterocycles. The first-order valence-electron chi connectivity index (χ1n) is 9.33. The van der Waals surface area contributed by atoms with E-state index in [1.807, 2.05) is 48.5 Å². The summed E-state index contributed by atoms with van der Waals surface area (Å²) in [7, 11) is 1.55. The van der Waals surface area contributed by atoms with Crippen LogP contribution in [0.1, 0.15) is 6.92 Å². The molecule has 3 aromatic carbocycles. The lowest BCUT2D eigenvalue weighted by Gasteiger charge is -2.13. The third-order valence-corrected chi connectivity index (χ3v) is 4.60. The Morgan fingerprint density at radius 2 is 1.77 bits per heavy atom. The van der Waals surface area contributed by atoms with Crippen molar-refractivity contribution in [2.75, 3.05) is 12.4 Å². The Morgan fingerprint density at radius 1 is 1.00 bits per heavy atom. The molecular formula is C24H19FN2O3. The number of anilines is 1. The average Bonchev–Trinajstić information content (AvgIpc) is 3.25. The van der Waals surface area contributed by atoms with Gasteiger partial charge >= 0.3 is 0 Å². The van der Waals surface area contributed by atoms with Crippen LogP contribution in [0, 0.1) is 5.82 Å². The van der Waals surface area contributed by atoms with Crippen molar-refractivity contribution in [2.45, 2.75) is 6.92 Å². The molecule has 0 aliphatic rings. The van der Waals surface area contributed by atoms with E-state index in [9.17, 15) is 9.18 Å². The molecule has 150 valence electrons. The second kappa shape index (κ2) is 8.21. The minimum atomic E-state index is -0.527. The molecule has 1 amide bonds. The summed E-state index contributed by atoms with van der Waals surface area (Å²) >= 11 is 0. The summed E-state index contributed by atoms with van der Waals surface area (Å²) in [5.74, 6) is 0.730. The summed E-state index contributed by atoms with van der Waals surface area (Å²) in [5.41, 5.74) is 3.01. The van der Waals surface area contributed by atoms with Crippen LogP contribution in [-0.2, 0) is 4.79 Å². The molecule has 1 aromatic heterocycles. The van der Waals surface area contributed by atoms with Crippen LogP contribution in [0.2, 0.25) is 0 Å². The summed E-state index contributed by atoms with van der Waals surface area (Å²) in [6, 6.07) is 19.8. The van der Waals surface area contributed by atoms with E-state index in [-0.39, 0.29) is 11.6 Å². The molecule has 0 unspecified atom stereocenters. The zero-order chi connectivity index (χ0) is 21.1. The predicted molar refractivity (Wildman–Crippen MR) is 114 cm³/mol. The van der Waals surface area contributed by atoms with Crippen molar-refractivity contribution < 1.29 is 18.3 Å². The number of oxazole rings is 1. The first kappa shape index (κ1) is 19.4. The predicted octanol–water partition coefficient (Wildman–Crippen LogP) is 5.78. The van der Waals surface area contributed by atoms with E-state index in [2.05, 4.69) is 10.3 Å². The van der Waals surface area contributed by atoms with Crippen molar-refractivity contribution in [3.05, 3.63) is 78.7 Å². The van der Waals surface area contributed by atoms with Crippen molar-refractivity contribution in [1.29, 1.82) is 0 Å². The molecule has 0 aliphatic heterocycles. The lowest BCUT2D eigenvalue weighted by molar-refractivity contribution is -0.114. The summed E-state index contributed by atoms with van der Waals surface area (Å²) in [6.45, 7) is 1.33. The zero-order valence-corrected chi connectivity index (χ0v) is 16.5. The summed E-state index contributed by atoms with van der Waals surface area (Å²) in [5, 5.41) is 2.47. The van der Waals surface area contributed by atoms with Gasteiger partial charge in [-0.05, 0) is 35.9 Å². The topological polar surface area (TPSA) is 64.4 Å². The van der Waals surface area contributed by atoms with Crippen LogP contribution in [0.15, 0.2) is 77.3 Å². The van der Waals surface area contributed by atoms with Gasteiger partial charge in [-0.2, -0.15) is 0 Å². The van der Waals surface area contributed by atoms with Gasteiger partial charge in [-0.15, -0.1) is 0 Å². The smallest absolute Gasteiger partial charge is 0.226 e. The van der Waals surface area contributed by atoms with E-state index in [0.717, 1.165) is 5.56 Å². The van der Waals surface area contributed by atoms with Gasteiger partial charge in [0.15, 0.2) is 5.76 Å². The van der Waals surface area contributed by atoms with Gasteiger partial charge in [-0.1, -0.05) is 36.4 Å². The highest BCUT2D eigenvalue weighted by molar-refractivity contribution is 5.89. The van der Waals surface area contributed by atoms with Gasteiger partial charge < -0.3 is 14.5 Å². The van der Waals surface area contributed by atoms with E-state index < -0.39 is 5.82 Å². The molecule has 5 nitrogen and oxygen atoms in total. The molecule has 0 bridgehead atoms. The highest BCUT2D eigenvalue weighted by Gasteiger charge is 2.17. The number of ether oxygens (including phenoxy) is 1. The Morgan fingerprint density at radius 3 is 2.47 bits per heavy atom. The number of rotatable bonds is 5. The molecule has 0 radical (unpaired) electrons. The molecule has 0 atom stereocenters. The second-order valence-electron chi connectivity index (χ2n) is 6.66.